The molecule has 2 aromatic carbocycles. The maximum atomic E-state index is 13.2. The molecule has 0 saturated heterocycles. The molecule has 1 aromatic heterocycles. The van der Waals surface area contributed by atoms with Gasteiger partial charge < -0.3 is 10.1 Å². The molecule has 0 spiro atoms. The summed E-state index contributed by atoms with van der Waals surface area (Å²) >= 11 is 1.21. The number of hydrogen-bond acceptors (Lipinski definition) is 4. The average molecular weight is 395 g/mol. The molecule has 0 aliphatic heterocycles. The third kappa shape index (κ3) is 4.53. The number of ether oxygens (including phenoxy) is 1. The number of benzene rings is 2. The lowest BCUT2D eigenvalue weighted by Crippen LogP contribution is -2.11. The van der Waals surface area contributed by atoms with Crippen molar-refractivity contribution in [2.45, 2.75) is 6.92 Å². The average Bonchev–Trinajstić information content (AvgIpc) is 3.11. The van der Waals surface area contributed by atoms with E-state index in [0.717, 1.165) is 11.1 Å². The van der Waals surface area contributed by atoms with E-state index in [1.54, 1.807) is 23.6 Å². The number of methoxy groups -OCH3 is 1. The van der Waals surface area contributed by atoms with E-state index in [-0.39, 0.29) is 17.3 Å². The molecular formula is C22H18FNO3S. The number of anilines is 1. The van der Waals surface area contributed by atoms with Gasteiger partial charge in [0.2, 0.25) is 5.91 Å². The largest absolute Gasteiger partial charge is 0.465 e. The Labute approximate surface area is 166 Å². The van der Waals surface area contributed by atoms with Gasteiger partial charge in [-0.2, -0.15) is 0 Å². The van der Waals surface area contributed by atoms with Gasteiger partial charge in [0.15, 0.2) is 0 Å². The van der Waals surface area contributed by atoms with Gasteiger partial charge in [0.25, 0.3) is 0 Å². The number of aryl methyl sites for hydroxylation is 1. The smallest absolute Gasteiger partial charge is 0.341 e. The fraction of sp³-hybridized carbons (Fsp3) is 0.0909. The van der Waals surface area contributed by atoms with Gasteiger partial charge in [0, 0.05) is 17.0 Å². The highest BCUT2D eigenvalue weighted by Crippen LogP contribution is 2.36. The minimum atomic E-state index is -0.571. The van der Waals surface area contributed by atoms with Crippen LogP contribution in [0.3, 0.4) is 0 Å². The van der Waals surface area contributed by atoms with Crippen LogP contribution in [-0.2, 0) is 9.53 Å². The Morgan fingerprint density at radius 3 is 2.39 bits per heavy atom. The zero-order chi connectivity index (χ0) is 20.1. The van der Waals surface area contributed by atoms with Crippen molar-refractivity contribution in [2.24, 2.45) is 0 Å². The van der Waals surface area contributed by atoms with Crippen LogP contribution >= 0.6 is 11.3 Å². The molecule has 0 bridgehead atoms. The van der Waals surface area contributed by atoms with Gasteiger partial charge in [0.05, 0.1) is 7.11 Å². The van der Waals surface area contributed by atoms with Crippen molar-refractivity contribution >= 4 is 34.3 Å². The van der Waals surface area contributed by atoms with Crippen molar-refractivity contribution in [1.29, 1.82) is 0 Å². The summed E-state index contributed by atoms with van der Waals surface area (Å²) in [4.78, 5) is 24.6. The van der Waals surface area contributed by atoms with Gasteiger partial charge >= 0.3 is 5.97 Å². The third-order valence-corrected chi connectivity index (χ3v) is 4.97. The predicted octanol–water partition coefficient (Wildman–Crippen LogP) is 5.30. The maximum absolute atomic E-state index is 13.2. The van der Waals surface area contributed by atoms with Crippen molar-refractivity contribution in [3.05, 3.63) is 82.5 Å². The van der Waals surface area contributed by atoms with Crippen LogP contribution in [0.2, 0.25) is 0 Å². The predicted molar refractivity (Wildman–Crippen MR) is 110 cm³/mol. The van der Waals surface area contributed by atoms with Crippen molar-refractivity contribution in [1.82, 2.24) is 0 Å². The summed E-state index contributed by atoms with van der Waals surface area (Å²) in [5.41, 5.74) is 3.52. The number of esters is 1. The normalized spacial score (nSPS) is 10.8. The number of carbonyl (C=O) groups is 2. The van der Waals surface area contributed by atoms with Crippen LogP contribution in [-0.4, -0.2) is 19.0 Å². The molecule has 142 valence electrons. The Morgan fingerprint density at radius 1 is 1.07 bits per heavy atom. The van der Waals surface area contributed by atoms with Gasteiger partial charge in [-0.05, 0) is 36.3 Å². The molecule has 0 radical (unpaired) electrons. The lowest BCUT2D eigenvalue weighted by molar-refractivity contribution is -0.111. The third-order valence-electron chi connectivity index (χ3n) is 4.08. The first-order valence-corrected chi connectivity index (χ1v) is 9.37. The van der Waals surface area contributed by atoms with Crippen molar-refractivity contribution in [3.8, 4) is 11.1 Å². The Bertz CT molecular complexity index is 1020. The van der Waals surface area contributed by atoms with E-state index in [0.29, 0.717) is 16.1 Å². The molecular weight excluding hydrogens is 377 g/mol. The monoisotopic (exact) mass is 395 g/mol. The zero-order valence-corrected chi connectivity index (χ0v) is 16.2. The number of carbonyl (C=O) groups excluding carboxylic acids is 2. The van der Waals surface area contributed by atoms with Gasteiger partial charge in [-0.15, -0.1) is 11.3 Å². The van der Waals surface area contributed by atoms with Crippen LogP contribution < -0.4 is 5.32 Å². The highest BCUT2D eigenvalue weighted by Gasteiger charge is 2.21. The molecule has 4 nitrogen and oxygen atoms in total. The minimum absolute atomic E-state index is 0.246. The molecule has 28 heavy (non-hydrogen) atoms. The van der Waals surface area contributed by atoms with Crippen molar-refractivity contribution < 1.29 is 18.7 Å². The molecule has 1 N–H and O–H groups in total. The number of hydrogen-bond donors (Lipinski definition) is 1. The van der Waals surface area contributed by atoms with Gasteiger partial charge in [-0.25, -0.2) is 9.18 Å². The molecule has 6 heteroatoms. The van der Waals surface area contributed by atoms with E-state index in [1.165, 1.54) is 36.7 Å². The fourth-order valence-electron chi connectivity index (χ4n) is 2.60. The lowest BCUT2D eigenvalue weighted by Gasteiger charge is -2.06. The van der Waals surface area contributed by atoms with E-state index in [9.17, 15) is 14.0 Å². The first kappa shape index (κ1) is 19.5. The molecule has 3 rings (SSSR count). The van der Waals surface area contributed by atoms with Gasteiger partial charge in [-0.1, -0.05) is 42.0 Å². The molecule has 1 amide bonds. The van der Waals surface area contributed by atoms with Crippen LogP contribution in [0, 0.1) is 12.7 Å². The summed E-state index contributed by atoms with van der Waals surface area (Å²) in [7, 11) is 1.28. The van der Waals surface area contributed by atoms with E-state index < -0.39 is 5.97 Å². The summed E-state index contributed by atoms with van der Waals surface area (Å²) in [5.74, 6) is -1.30. The summed E-state index contributed by atoms with van der Waals surface area (Å²) in [6, 6.07) is 13.5. The Balaban J connectivity index is 1.85. The summed E-state index contributed by atoms with van der Waals surface area (Å²) in [6.45, 7) is 1.99. The van der Waals surface area contributed by atoms with Crippen molar-refractivity contribution in [3.63, 3.8) is 0 Å². The molecule has 0 fully saturated rings. The standard InChI is InChI=1S/C22H18FNO3S/c1-14-3-5-15(6-4-14)7-12-19(25)24-21-20(22(26)27-2)18(13-28-21)16-8-10-17(23)11-9-16/h3-13H,1-2H3,(H,24,25). The second-order valence-electron chi connectivity index (χ2n) is 6.09. The van der Waals surface area contributed by atoms with Gasteiger partial charge in [-0.3, -0.25) is 4.79 Å². The van der Waals surface area contributed by atoms with E-state index in [4.69, 9.17) is 4.74 Å². The van der Waals surface area contributed by atoms with Crippen molar-refractivity contribution in [2.75, 3.05) is 12.4 Å². The molecule has 0 aliphatic carbocycles. The van der Waals surface area contributed by atoms with Crippen LogP contribution in [0.1, 0.15) is 21.5 Å². The Kier molecular flexibility index (Phi) is 6.01. The second-order valence-corrected chi connectivity index (χ2v) is 6.96. The number of thiophene rings is 1. The Hall–Kier alpha value is -3.25. The molecule has 1 heterocycles. The highest BCUT2D eigenvalue weighted by molar-refractivity contribution is 7.15. The fourth-order valence-corrected chi connectivity index (χ4v) is 3.56. The number of halogens is 1. The summed E-state index contributed by atoms with van der Waals surface area (Å²) in [6.07, 6.45) is 3.10. The topological polar surface area (TPSA) is 55.4 Å². The molecule has 0 aliphatic rings. The number of nitrogens with one attached hydrogen (secondary N) is 1. The van der Waals surface area contributed by atoms with E-state index >= 15 is 0 Å². The first-order valence-electron chi connectivity index (χ1n) is 8.49. The molecule has 0 atom stereocenters. The summed E-state index contributed by atoms with van der Waals surface area (Å²) in [5, 5.41) is 4.84. The van der Waals surface area contributed by atoms with E-state index in [1.807, 2.05) is 31.2 Å². The van der Waals surface area contributed by atoms with Crippen LogP contribution in [0.25, 0.3) is 17.2 Å². The minimum Gasteiger partial charge on any atom is -0.465 e. The van der Waals surface area contributed by atoms with E-state index in [2.05, 4.69) is 5.32 Å². The number of rotatable bonds is 5. The van der Waals surface area contributed by atoms with Gasteiger partial charge in [0.1, 0.15) is 16.4 Å². The van der Waals surface area contributed by atoms with Crippen LogP contribution in [0.15, 0.2) is 60.0 Å². The number of amides is 1. The first-order chi connectivity index (χ1) is 13.5. The molecule has 0 saturated carbocycles. The zero-order valence-electron chi connectivity index (χ0n) is 15.4. The lowest BCUT2D eigenvalue weighted by atomic mass is 10.0. The summed E-state index contributed by atoms with van der Waals surface area (Å²) < 4.78 is 18.1. The molecule has 3 aromatic rings. The highest BCUT2D eigenvalue weighted by atomic mass is 32.1. The Morgan fingerprint density at radius 2 is 1.75 bits per heavy atom. The second kappa shape index (κ2) is 8.63. The van der Waals surface area contributed by atoms with Crippen LogP contribution in [0.5, 0.6) is 0 Å². The SMILES string of the molecule is COC(=O)c1c(-c2ccc(F)cc2)csc1NC(=O)C=Cc1ccc(C)cc1. The quantitative estimate of drug-likeness (QED) is 0.471. The molecule has 0 unspecified atom stereocenters. The van der Waals surface area contributed by atoms with Crippen LogP contribution in [0.4, 0.5) is 9.39 Å². The maximum Gasteiger partial charge on any atom is 0.341 e.